The van der Waals surface area contributed by atoms with Gasteiger partial charge in [0, 0.05) is 0 Å². The molecule has 3 rings (SSSR count). The fourth-order valence-corrected chi connectivity index (χ4v) is 1.21. The first-order chi connectivity index (χ1) is 6.93. The number of nitrogens with zero attached hydrogens (tertiary/aromatic N) is 4. The molecule has 0 fully saturated rings. The van der Waals surface area contributed by atoms with Gasteiger partial charge in [0.2, 0.25) is 11.5 Å². The topological polar surface area (TPSA) is 80.5 Å². The van der Waals surface area contributed by atoms with Crippen LogP contribution in [0.25, 0.3) is 22.7 Å². The number of H-pyrrole nitrogens is 1. The average Bonchev–Trinajstić information content (AvgIpc) is 2.88. The molecule has 0 bridgehead atoms. The summed E-state index contributed by atoms with van der Waals surface area (Å²) in [4.78, 5) is 8.21. The number of rotatable bonds is 1. The van der Waals surface area contributed by atoms with Crippen LogP contribution in [0.1, 0.15) is 0 Å². The van der Waals surface area contributed by atoms with Crippen LogP contribution in [-0.4, -0.2) is 25.4 Å². The van der Waals surface area contributed by atoms with Gasteiger partial charge < -0.3 is 4.42 Å². The van der Waals surface area contributed by atoms with Crippen LogP contribution in [0.2, 0.25) is 0 Å². The van der Waals surface area contributed by atoms with Gasteiger partial charge in [0.05, 0.1) is 6.20 Å². The summed E-state index contributed by atoms with van der Waals surface area (Å²) in [5.74, 6) is 0.481. The minimum absolute atomic E-state index is 0.481. The summed E-state index contributed by atoms with van der Waals surface area (Å²) in [6, 6.07) is 3.63. The zero-order valence-corrected chi connectivity index (χ0v) is 7.01. The van der Waals surface area contributed by atoms with Crippen LogP contribution in [0, 0.1) is 0 Å². The van der Waals surface area contributed by atoms with E-state index in [0.29, 0.717) is 17.2 Å². The molecular weight excluding hydrogens is 182 g/mol. The van der Waals surface area contributed by atoms with Gasteiger partial charge in [0.15, 0.2) is 0 Å². The van der Waals surface area contributed by atoms with Gasteiger partial charge in [-0.25, -0.2) is 9.97 Å². The maximum absolute atomic E-state index is 5.11. The Balaban J connectivity index is 2.23. The number of aromatic nitrogens is 5. The number of nitrogens with one attached hydrogen (secondary N) is 1. The Bertz CT molecular complexity index is 556. The number of fused-ring (bicyclic) bond motifs is 1. The van der Waals surface area contributed by atoms with Gasteiger partial charge in [0.1, 0.15) is 17.5 Å². The molecule has 6 nitrogen and oxygen atoms in total. The monoisotopic (exact) mass is 187 g/mol. The van der Waals surface area contributed by atoms with E-state index in [1.165, 1.54) is 6.26 Å². The maximum Gasteiger partial charge on any atom is 0.245 e. The first kappa shape index (κ1) is 7.19. The molecule has 0 saturated heterocycles. The minimum atomic E-state index is 0.481. The summed E-state index contributed by atoms with van der Waals surface area (Å²) < 4.78 is 5.11. The second kappa shape index (κ2) is 2.63. The van der Waals surface area contributed by atoms with Gasteiger partial charge >= 0.3 is 0 Å². The normalized spacial score (nSPS) is 10.9. The first-order valence-electron chi connectivity index (χ1n) is 4.01. The van der Waals surface area contributed by atoms with E-state index in [0.717, 1.165) is 5.52 Å². The first-order valence-corrected chi connectivity index (χ1v) is 4.01. The fraction of sp³-hybridized carbons (Fsp3) is 0. The van der Waals surface area contributed by atoms with Crippen molar-refractivity contribution in [3.8, 4) is 11.6 Å². The van der Waals surface area contributed by atoms with Crippen LogP contribution >= 0.6 is 0 Å². The average molecular weight is 187 g/mol. The van der Waals surface area contributed by atoms with Crippen molar-refractivity contribution < 1.29 is 4.42 Å². The largest absolute Gasteiger partial charge is 0.443 e. The van der Waals surface area contributed by atoms with Gasteiger partial charge in [-0.15, -0.1) is 5.10 Å². The lowest BCUT2D eigenvalue weighted by atomic mass is 10.3. The molecule has 14 heavy (non-hydrogen) atoms. The Labute approximate surface area is 78.0 Å². The number of hydrogen-bond donors (Lipinski definition) is 1. The van der Waals surface area contributed by atoms with Gasteiger partial charge in [-0.1, -0.05) is 5.21 Å². The number of oxazole rings is 1. The van der Waals surface area contributed by atoms with Crippen LogP contribution in [0.15, 0.2) is 29.0 Å². The summed E-state index contributed by atoms with van der Waals surface area (Å²) in [6.45, 7) is 0. The molecular formula is C8H5N5O. The Kier molecular flexibility index (Phi) is 1.35. The summed E-state index contributed by atoms with van der Waals surface area (Å²) in [6.07, 6.45) is 3.08. The highest BCUT2D eigenvalue weighted by Crippen LogP contribution is 2.16. The zero-order chi connectivity index (χ0) is 9.38. The zero-order valence-electron chi connectivity index (χ0n) is 7.01. The van der Waals surface area contributed by atoms with Crippen LogP contribution in [0.4, 0.5) is 0 Å². The Morgan fingerprint density at radius 1 is 1.29 bits per heavy atom. The Hall–Kier alpha value is -2.24. The molecule has 0 saturated carbocycles. The smallest absolute Gasteiger partial charge is 0.245 e. The highest BCUT2D eigenvalue weighted by molar-refractivity contribution is 5.71. The third-order valence-corrected chi connectivity index (χ3v) is 1.84. The predicted molar refractivity (Wildman–Crippen MR) is 47.2 cm³/mol. The van der Waals surface area contributed by atoms with Crippen molar-refractivity contribution >= 4 is 11.2 Å². The predicted octanol–water partition coefficient (Wildman–Crippen LogP) is 1.01. The lowest BCUT2D eigenvalue weighted by Gasteiger charge is -1.92. The molecule has 0 atom stereocenters. The van der Waals surface area contributed by atoms with Crippen LogP contribution in [-0.2, 0) is 0 Å². The molecule has 1 N–H and O–H groups in total. The van der Waals surface area contributed by atoms with Crippen molar-refractivity contribution in [1.82, 2.24) is 25.4 Å². The summed E-state index contributed by atoms with van der Waals surface area (Å²) in [5.41, 5.74) is 2.00. The molecule has 0 radical (unpaired) electrons. The summed E-state index contributed by atoms with van der Waals surface area (Å²) in [7, 11) is 0. The molecule has 0 amide bonds. The van der Waals surface area contributed by atoms with Gasteiger partial charge in [-0.3, -0.25) is 5.10 Å². The second-order valence-electron chi connectivity index (χ2n) is 2.72. The van der Waals surface area contributed by atoms with Crippen LogP contribution in [0.3, 0.4) is 0 Å². The minimum Gasteiger partial charge on any atom is -0.443 e. The van der Waals surface area contributed by atoms with Gasteiger partial charge in [-0.05, 0) is 12.1 Å². The number of hydrogen-bond acceptors (Lipinski definition) is 5. The van der Waals surface area contributed by atoms with Crippen molar-refractivity contribution in [3.05, 3.63) is 24.6 Å². The third kappa shape index (κ3) is 0.972. The second-order valence-corrected chi connectivity index (χ2v) is 2.72. The van der Waals surface area contributed by atoms with Crippen molar-refractivity contribution in [3.63, 3.8) is 0 Å². The van der Waals surface area contributed by atoms with E-state index in [1.54, 1.807) is 12.3 Å². The maximum atomic E-state index is 5.11. The molecule has 0 aromatic carbocycles. The van der Waals surface area contributed by atoms with Crippen molar-refractivity contribution in [2.45, 2.75) is 0 Å². The van der Waals surface area contributed by atoms with E-state index in [-0.39, 0.29) is 0 Å². The number of pyridine rings is 1. The molecule has 0 spiro atoms. The Morgan fingerprint density at radius 2 is 2.29 bits per heavy atom. The SMILES string of the molecule is c1coc(-c2ccc3[nH]nnc3n2)n1. The molecule has 3 aromatic rings. The van der Waals surface area contributed by atoms with Crippen molar-refractivity contribution in [2.24, 2.45) is 0 Å². The van der Waals surface area contributed by atoms with Crippen molar-refractivity contribution in [1.29, 1.82) is 0 Å². The quantitative estimate of drug-likeness (QED) is 0.614. The van der Waals surface area contributed by atoms with Gasteiger partial charge in [-0.2, -0.15) is 0 Å². The van der Waals surface area contributed by atoms with Crippen molar-refractivity contribution in [2.75, 3.05) is 0 Å². The van der Waals surface area contributed by atoms with E-state index in [1.807, 2.05) is 6.07 Å². The standard InChI is InChI=1S/C8H5N5O/c1-2-6(8-9-3-4-14-8)10-7-5(1)11-13-12-7/h1-4H,(H,10,11,12,13). The van der Waals surface area contributed by atoms with E-state index >= 15 is 0 Å². The van der Waals surface area contributed by atoms with E-state index in [4.69, 9.17) is 4.42 Å². The van der Waals surface area contributed by atoms with Crippen LogP contribution < -0.4 is 0 Å². The van der Waals surface area contributed by atoms with E-state index < -0.39 is 0 Å². The summed E-state index contributed by atoms with van der Waals surface area (Å²) in [5, 5.41) is 10.2. The highest BCUT2D eigenvalue weighted by Gasteiger charge is 2.06. The summed E-state index contributed by atoms with van der Waals surface area (Å²) >= 11 is 0. The lowest BCUT2D eigenvalue weighted by Crippen LogP contribution is -1.84. The van der Waals surface area contributed by atoms with Crippen LogP contribution in [0.5, 0.6) is 0 Å². The molecule has 68 valence electrons. The third-order valence-electron chi connectivity index (χ3n) is 1.84. The van der Waals surface area contributed by atoms with Gasteiger partial charge in [0.25, 0.3) is 0 Å². The Morgan fingerprint density at radius 3 is 3.14 bits per heavy atom. The molecule has 0 aliphatic rings. The van der Waals surface area contributed by atoms with E-state index in [2.05, 4.69) is 25.4 Å². The molecule has 0 unspecified atom stereocenters. The highest BCUT2D eigenvalue weighted by atomic mass is 16.3. The molecule has 3 aromatic heterocycles. The lowest BCUT2D eigenvalue weighted by molar-refractivity contribution is 0.572. The number of aromatic amines is 1. The molecule has 0 aliphatic heterocycles. The fourth-order valence-electron chi connectivity index (χ4n) is 1.21. The van der Waals surface area contributed by atoms with E-state index in [9.17, 15) is 0 Å². The molecule has 0 aliphatic carbocycles. The molecule has 3 heterocycles. The molecule has 6 heteroatoms.